The second-order valence-corrected chi connectivity index (χ2v) is 11.7. The van der Waals surface area contributed by atoms with Gasteiger partial charge in [-0.05, 0) is 70.2 Å². The number of amides is 2. The highest BCUT2D eigenvalue weighted by atomic mass is 16.5. The minimum absolute atomic E-state index is 0.0209. The van der Waals surface area contributed by atoms with Gasteiger partial charge in [-0.3, -0.25) is 24.9 Å². The first kappa shape index (κ1) is 24.3. The van der Waals surface area contributed by atoms with Crippen molar-refractivity contribution in [2.75, 3.05) is 0 Å². The fraction of sp³-hybridized carbons (Fsp3) is 0.500. The molecule has 1 aromatic carbocycles. The smallest absolute Gasteiger partial charge is 0.232 e. The van der Waals surface area contributed by atoms with Crippen molar-refractivity contribution < 1.29 is 14.3 Å². The van der Waals surface area contributed by atoms with Crippen LogP contribution in [0.1, 0.15) is 75.7 Å². The molecule has 5 rings (SSSR count). The molecule has 1 saturated heterocycles. The van der Waals surface area contributed by atoms with Crippen molar-refractivity contribution in [3.05, 3.63) is 59.4 Å². The summed E-state index contributed by atoms with van der Waals surface area (Å²) in [5.74, 6) is 0.425. The van der Waals surface area contributed by atoms with Crippen molar-refractivity contribution >= 4 is 17.8 Å². The number of rotatable bonds is 5. The Morgan fingerprint density at radius 1 is 1.28 bits per heavy atom. The Balaban J connectivity index is 1.38. The van der Waals surface area contributed by atoms with Crippen molar-refractivity contribution in [3.8, 4) is 5.75 Å². The third-order valence-corrected chi connectivity index (χ3v) is 7.39. The zero-order chi connectivity index (χ0) is 25.8. The third kappa shape index (κ3) is 4.68. The van der Waals surface area contributed by atoms with Gasteiger partial charge in [-0.15, -0.1) is 0 Å². The van der Waals surface area contributed by atoms with Gasteiger partial charge in [0.15, 0.2) is 5.96 Å². The minimum Gasteiger partial charge on any atom is -0.487 e. The molecule has 1 saturated carbocycles. The average Bonchev–Trinajstić information content (AvgIpc) is 3.55. The fourth-order valence-corrected chi connectivity index (χ4v) is 5.68. The lowest BCUT2D eigenvalue weighted by Gasteiger charge is -2.42. The molecule has 36 heavy (non-hydrogen) atoms. The van der Waals surface area contributed by atoms with E-state index in [1.807, 2.05) is 65.0 Å². The van der Waals surface area contributed by atoms with Crippen LogP contribution in [-0.2, 0) is 9.59 Å². The molecule has 190 valence electrons. The zero-order valence-electron chi connectivity index (χ0n) is 21.6. The van der Waals surface area contributed by atoms with Gasteiger partial charge in [-0.2, -0.15) is 0 Å². The lowest BCUT2D eigenvalue weighted by molar-refractivity contribution is -0.133. The predicted molar refractivity (Wildman–Crippen MR) is 136 cm³/mol. The van der Waals surface area contributed by atoms with E-state index in [0.29, 0.717) is 12.8 Å². The van der Waals surface area contributed by atoms with Crippen molar-refractivity contribution in [2.24, 2.45) is 11.8 Å². The number of hydrogen-bond acceptors (Lipinski definition) is 5. The van der Waals surface area contributed by atoms with E-state index in [0.717, 1.165) is 22.4 Å². The van der Waals surface area contributed by atoms with E-state index < -0.39 is 17.2 Å². The molecule has 8 heteroatoms. The fourth-order valence-electron chi connectivity index (χ4n) is 5.68. The number of carbonyl (C=O) groups is 2. The number of aryl methyl sites for hydroxylation is 1. The SMILES string of the molecule is Cc1ccc2c(c1)OC(C)(C)C[C@@H]2NC(=O)[C@@H]1C[C@H]1[C@@H](c1cccnc1)N1C(=N)NC(C)(C)CC1=O. The molecule has 3 aliphatic rings. The molecule has 3 N–H and O–H groups in total. The summed E-state index contributed by atoms with van der Waals surface area (Å²) in [5, 5.41) is 15.0. The molecule has 0 bridgehead atoms. The molecule has 0 spiro atoms. The first-order valence-electron chi connectivity index (χ1n) is 12.6. The second kappa shape index (κ2) is 8.61. The van der Waals surface area contributed by atoms with Crippen LogP contribution in [0.15, 0.2) is 42.7 Å². The normalized spacial score (nSPS) is 26.8. The summed E-state index contributed by atoms with van der Waals surface area (Å²) in [6.07, 6.45) is 5.03. The number of carbonyl (C=O) groups excluding carboxylic acids is 2. The van der Waals surface area contributed by atoms with Crippen molar-refractivity contribution in [2.45, 2.75) is 77.1 Å². The lowest BCUT2D eigenvalue weighted by atomic mass is 9.89. The topological polar surface area (TPSA) is 107 Å². The van der Waals surface area contributed by atoms with Gasteiger partial charge in [0.1, 0.15) is 11.4 Å². The predicted octanol–water partition coefficient (Wildman–Crippen LogP) is 4.02. The first-order valence-corrected chi connectivity index (χ1v) is 12.6. The number of benzene rings is 1. The van der Waals surface area contributed by atoms with Crippen LogP contribution in [0.3, 0.4) is 0 Å². The molecule has 2 fully saturated rings. The number of hydrogen-bond donors (Lipinski definition) is 3. The largest absolute Gasteiger partial charge is 0.487 e. The summed E-state index contributed by atoms with van der Waals surface area (Å²) in [5.41, 5.74) is 2.07. The van der Waals surface area contributed by atoms with Crippen LogP contribution in [0.2, 0.25) is 0 Å². The molecular formula is C28H35N5O3. The Bertz CT molecular complexity index is 1190. The van der Waals surface area contributed by atoms with Gasteiger partial charge < -0.3 is 15.4 Å². The maximum atomic E-state index is 13.5. The number of fused-ring (bicyclic) bond motifs is 1. The Morgan fingerprint density at radius 3 is 2.75 bits per heavy atom. The van der Waals surface area contributed by atoms with Gasteiger partial charge in [-0.25, -0.2) is 0 Å². The molecule has 1 aromatic heterocycles. The van der Waals surface area contributed by atoms with Gasteiger partial charge in [0.2, 0.25) is 11.8 Å². The maximum absolute atomic E-state index is 13.5. The van der Waals surface area contributed by atoms with Gasteiger partial charge in [0.25, 0.3) is 0 Å². The second-order valence-electron chi connectivity index (χ2n) is 11.7. The summed E-state index contributed by atoms with van der Waals surface area (Å²) in [6, 6.07) is 9.29. The van der Waals surface area contributed by atoms with Crippen LogP contribution in [0.5, 0.6) is 5.75 Å². The van der Waals surface area contributed by atoms with E-state index in [1.54, 1.807) is 12.4 Å². The van der Waals surface area contributed by atoms with E-state index in [-0.39, 0.29) is 42.1 Å². The number of ether oxygens (including phenoxy) is 1. The number of pyridine rings is 1. The molecule has 2 aromatic rings. The van der Waals surface area contributed by atoms with Crippen LogP contribution in [0, 0.1) is 24.2 Å². The van der Waals surface area contributed by atoms with Gasteiger partial charge in [0.05, 0.1) is 12.1 Å². The molecule has 4 atom stereocenters. The van der Waals surface area contributed by atoms with Crippen LogP contribution in [0.25, 0.3) is 0 Å². The quantitative estimate of drug-likeness (QED) is 0.588. The minimum atomic E-state index is -0.480. The number of nitrogens with zero attached hydrogens (tertiary/aromatic N) is 2. The molecular weight excluding hydrogens is 454 g/mol. The van der Waals surface area contributed by atoms with Crippen molar-refractivity contribution in [1.82, 2.24) is 20.5 Å². The van der Waals surface area contributed by atoms with Crippen LogP contribution >= 0.6 is 0 Å². The molecule has 0 unspecified atom stereocenters. The summed E-state index contributed by atoms with van der Waals surface area (Å²) in [4.78, 5) is 32.5. The summed E-state index contributed by atoms with van der Waals surface area (Å²) < 4.78 is 6.19. The number of aromatic nitrogens is 1. The molecule has 3 heterocycles. The molecule has 1 aliphatic carbocycles. The standard InChI is InChI=1S/C28H35N5O3/c1-16-8-9-18-21(13-28(4,5)36-22(18)11-16)31-25(35)20-12-19(20)24(17-7-6-10-30-15-17)33-23(34)14-27(2,3)32-26(33)29/h6-11,15,19-21,24H,12-14H2,1-5H3,(H2,29,32)(H,31,35)/t19-,20-,21+,24-/m1/s1. The highest BCUT2D eigenvalue weighted by Gasteiger charge is 2.53. The van der Waals surface area contributed by atoms with Crippen molar-refractivity contribution in [1.29, 1.82) is 5.41 Å². The molecule has 0 radical (unpaired) electrons. The Kier molecular flexibility index (Phi) is 5.80. The van der Waals surface area contributed by atoms with Crippen LogP contribution < -0.4 is 15.4 Å². The summed E-state index contributed by atoms with van der Waals surface area (Å²) >= 11 is 0. The summed E-state index contributed by atoms with van der Waals surface area (Å²) in [7, 11) is 0. The molecule has 2 amide bonds. The molecule has 2 aliphatic heterocycles. The van der Waals surface area contributed by atoms with Crippen LogP contribution in [0.4, 0.5) is 0 Å². The van der Waals surface area contributed by atoms with E-state index in [2.05, 4.69) is 15.6 Å². The van der Waals surface area contributed by atoms with E-state index in [4.69, 9.17) is 10.1 Å². The average molecular weight is 490 g/mol. The first-order chi connectivity index (χ1) is 16.9. The highest BCUT2D eigenvalue weighted by Crippen LogP contribution is 2.51. The Labute approximate surface area is 212 Å². The zero-order valence-corrected chi connectivity index (χ0v) is 21.6. The summed E-state index contributed by atoms with van der Waals surface area (Å²) in [6.45, 7) is 9.94. The van der Waals surface area contributed by atoms with Gasteiger partial charge in [0, 0.05) is 42.3 Å². The van der Waals surface area contributed by atoms with Crippen LogP contribution in [-0.4, -0.2) is 38.8 Å². The van der Waals surface area contributed by atoms with Gasteiger partial charge >= 0.3 is 0 Å². The molecule has 8 nitrogen and oxygen atoms in total. The van der Waals surface area contributed by atoms with Crippen molar-refractivity contribution in [3.63, 3.8) is 0 Å². The van der Waals surface area contributed by atoms with E-state index >= 15 is 0 Å². The van der Waals surface area contributed by atoms with E-state index in [1.165, 1.54) is 4.90 Å². The highest BCUT2D eigenvalue weighted by molar-refractivity contribution is 5.99. The lowest BCUT2D eigenvalue weighted by Crippen LogP contribution is -2.60. The maximum Gasteiger partial charge on any atom is 0.232 e. The van der Waals surface area contributed by atoms with E-state index in [9.17, 15) is 9.59 Å². The Morgan fingerprint density at radius 2 is 2.06 bits per heavy atom. The third-order valence-electron chi connectivity index (χ3n) is 7.39. The number of guanidine groups is 1. The van der Waals surface area contributed by atoms with Gasteiger partial charge in [-0.1, -0.05) is 18.2 Å². The number of nitrogens with one attached hydrogen (secondary N) is 3. The Hall–Kier alpha value is -3.42. The monoisotopic (exact) mass is 489 g/mol.